The van der Waals surface area contributed by atoms with Crippen LogP contribution in [-0.4, -0.2) is 16.8 Å². The number of benzene rings is 1. The number of anilines is 1. The molecule has 0 amide bonds. The van der Waals surface area contributed by atoms with E-state index in [9.17, 15) is 0 Å². The predicted molar refractivity (Wildman–Crippen MR) is 75.6 cm³/mol. The molecule has 106 valence electrons. The van der Waals surface area contributed by atoms with E-state index in [1.165, 1.54) is 25.7 Å². The Hall–Kier alpha value is -2.04. The molecule has 0 saturated heterocycles. The second kappa shape index (κ2) is 5.94. The Morgan fingerprint density at radius 3 is 2.65 bits per heavy atom. The SMILES string of the molecule is Nc1ccc(OCCc2nnc(C3CCCC3)o2)cc1. The molecule has 0 unspecified atom stereocenters. The quantitative estimate of drug-likeness (QED) is 0.848. The number of rotatable bonds is 5. The maximum atomic E-state index is 5.70. The van der Waals surface area contributed by atoms with Gasteiger partial charge in [-0.15, -0.1) is 10.2 Å². The molecule has 0 radical (unpaired) electrons. The summed E-state index contributed by atoms with van der Waals surface area (Å²) < 4.78 is 11.3. The highest BCUT2D eigenvalue weighted by Gasteiger charge is 2.22. The second-order valence-electron chi connectivity index (χ2n) is 5.18. The molecule has 1 aromatic heterocycles. The number of ether oxygens (including phenoxy) is 1. The van der Waals surface area contributed by atoms with Crippen LogP contribution in [0.25, 0.3) is 0 Å². The molecule has 2 N–H and O–H groups in total. The third kappa shape index (κ3) is 3.10. The maximum absolute atomic E-state index is 5.70. The van der Waals surface area contributed by atoms with Gasteiger partial charge in [0.2, 0.25) is 11.8 Å². The molecule has 2 aromatic rings. The molecule has 0 aliphatic heterocycles. The Bertz CT molecular complexity index is 545. The summed E-state index contributed by atoms with van der Waals surface area (Å²) in [6, 6.07) is 7.35. The lowest BCUT2D eigenvalue weighted by Crippen LogP contribution is -2.01. The fraction of sp³-hybridized carbons (Fsp3) is 0.467. The van der Waals surface area contributed by atoms with Crippen molar-refractivity contribution in [2.45, 2.75) is 38.0 Å². The molecule has 1 aliphatic carbocycles. The molecule has 1 aromatic carbocycles. The summed E-state index contributed by atoms with van der Waals surface area (Å²) in [5.41, 5.74) is 6.35. The molecule has 1 fully saturated rings. The van der Waals surface area contributed by atoms with Gasteiger partial charge in [0, 0.05) is 11.6 Å². The summed E-state index contributed by atoms with van der Waals surface area (Å²) >= 11 is 0. The number of hydrogen-bond donors (Lipinski definition) is 1. The summed E-state index contributed by atoms with van der Waals surface area (Å²) in [5, 5.41) is 8.24. The topological polar surface area (TPSA) is 74.2 Å². The van der Waals surface area contributed by atoms with Crippen molar-refractivity contribution in [2.24, 2.45) is 0 Å². The number of nitrogens with zero attached hydrogens (tertiary/aromatic N) is 2. The fourth-order valence-electron chi connectivity index (χ4n) is 2.53. The van der Waals surface area contributed by atoms with Crippen molar-refractivity contribution in [3.05, 3.63) is 36.0 Å². The summed E-state index contributed by atoms with van der Waals surface area (Å²) in [6.45, 7) is 0.524. The predicted octanol–water partition coefficient (Wildman–Crippen LogP) is 2.93. The third-order valence-corrected chi connectivity index (χ3v) is 3.65. The Labute approximate surface area is 118 Å². The first kappa shape index (κ1) is 13.0. The summed E-state index contributed by atoms with van der Waals surface area (Å²) in [4.78, 5) is 0. The standard InChI is InChI=1S/C15H19N3O2/c16-12-5-7-13(8-6-12)19-10-9-14-17-18-15(20-14)11-3-1-2-4-11/h5-8,11H,1-4,9-10,16H2. The number of nitrogens with two attached hydrogens (primary N) is 1. The van der Waals surface area contributed by atoms with Crippen LogP contribution < -0.4 is 10.5 Å². The minimum absolute atomic E-state index is 0.467. The van der Waals surface area contributed by atoms with E-state index in [0.717, 1.165) is 17.3 Å². The molecule has 5 heteroatoms. The van der Waals surface area contributed by atoms with Crippen LogP contribution in [0.2, 0.25) is 0 Å². The van der Waals surface area contributed by atoms with E-state index in [1.807, 2.05) is 24.3 Å². The summed E-state index contributed by atoms with van der Waals surface area (Å²) in [5.74, 6) is 2.72. The lowest BCUT2D eigenvalue weighted by atomic mass is 10.1. The monoisotopic (exact) mass is 273 g/mol. The normalized spacial score (nSPS) is 15.6. The van der Waals surface area contributed by atoms with Crippen molar-refractivity contribution in [2.75, 3.05) is 12.3 Å². The number of hydrogen-bond acceptors (Lipinski definition) is 5. The molecule has 0 spiro atoms. The van der Waals surface area contributed by atoms with Gasteiger partial charge in [0.15, 0.2) is 0 Å². The van der Waals surface area contributed by atoms with Crippen molar-refractivity contribution < 1.29 is 9.15 Å². The first-order valence-electron chi connectivity index (χ1n) is 7.12. The molecule has 5 nitrogen and oxygen atoms in total. The van der Waals surface area contributed by atoms with Crippen LogP contribution in [0.15, 0.2) is 28.7 Å². The summed E-state index contributed by atoms with van der Waals surface area (Å²) in [6.07, 6.45) is 5.50. The fourth-order valence-corrected chi connectivity index (χ4v) is 2.53. The lowest BCUT2D eigenvalue weighted by molar-refractivity contribution is 0.302. The van der Waals surface area contributed by atoms with Gasteiger partial charge in [0.25, 0.3) is 0 Å². The van der Waals surface area contributed by atoms with E-state index in [2.05, 4.69) is 10.2 Å². The lowest BCUT2D eigenvalue weighted by Gasteiger charge is -2.04. The maximum Gasteiger partial charge on any atom is 0.219 e. The Morgan fingerprint density at radius 2 is 1.90 bits per heavy atom. The van der Waals surface area contributed by atoms with E-state index in [0.29, 0.717) is 24.8 Å². The molecule has 3 rings (SSSR count). The molecule has 0 bridgehead atoms. The van der Waals surface area contributed by atoms with E-state index in [1.54, 1.807) is 0 Å². The van der Waals surface area contributed by atoms with E-state index in [-0.39, 0.29) is 0 Å². The third-order valence-electron chi connectivity index (χ3n) is 3.65. The number of nitrogen functional groups attached to an aromatic ring is 1. The smallest absolute Gasteiger partial charge is 0.219 e. The van der Waals surface area contributed by atoms with Crippen molar-refractivity contribution in [1.29, 1.82) is 0 Å². The molecule has 1 heterocycles. The van der Waals surface area contributed by atoms with Crippen LogP contribution in [0.5, 0.6) is 5.75 Å². The van der Waals surface area contributed by atoms with Crippen molar-refractivity contribution in [1.82, 2.24) is 10.2 Å². The minimum Gasteiger partial charge on any atom is -0.493 e. The molecule has 1 saturated carbocycles. The summed E-state index contributed by atoms with van der Waals surface area (Å²) in [7, 11) is 0. The van der Waals surface area contributed by atoms with Gasteiger partial charge in [0.1, 0.15) is 5.75 Å². The van der Waals surface area contributed by atoms with Crippen LogP contribution >= 0.6 is 0 Å². The van der Waals surface area contributed by atoms with Crippen LogP contribution in [0.1, 0.15) is 43.4 Å². The van der Waals surface area contributed by atoms with Crippen molar-refractivity contribution >= 4 is 5.69 Å². The molecular weight excluding hydrogens is 254 g/mol. The van der Waals surface area contributed by atoms with Crippen molar-refractivity contribution in [3.8, 4) is 5.75 Å². The van der Waals surface area contributed by atoms with Crippen LogP contribution in [-0.2, 0) is 6.42 Å². The van der Waals surface area contributed by atoms with E-state index < -0.39 is 0 Å². The van der Waals surface area contributed by atoms with E-state index in [4.69, 9.17) is 14.9 Å². The molecule has 20 heavy (non-hydrogen) atoms. The molecule has 1 aliphatic rings. The van der Waals surface area contributed by atoms with Gasteiger partial charge in [-0.05, 0) is 37.1 Å². The van der Waals surface area contributed by atoms with Gasteiger partial charge in [0.05, 0.1) is 13.0 Å². The first-order valence-corrected chi connectivity index (χ1v) is 7.12. The zero-order chi connectivity index (χ0) is 13.8. The largest absolute Gasteiger partial charge is 0.493 e. The van der Waals surface area contributed by atoms with Crippen LogP contribution in [0.3, 0.4) is 0 Å². The zero-order valence-electron chi connectivity index (χ0n) is 11.4. The van der Waals surface area contributed by atoms with Crippen LogP contribution in [0.4, 0.5) is 5.69 Å². The van der Waals surface area contributed by atoms with Gasteiger partial charge >= 0.3 is 0 Å². The van der Waals surface area contributed by atoms with Crippen molar-refractivity contribution in [3.63, 3.8) is 0 Å². The highest BCUT2D eigenvalue weighted by Crippen LogP contribution is 2.33. The average Bonchev–Trinajstić information content (AvgIpc) is 3.11. The highest BCUT2D eigenvalue weighted by atomic mass is 16.5. The van der Waals surface area contributed by atoms with Gasteiger partial charge in [-0.25, -0.2) is 0 Å². The van der Waals surface area contributed by atoms with E-state index >= 15 is 0 Å². The Morgan fingerprint density at radius 1 is 1.15 bits per heavy atom. The Balaban J connectivity index is 1.49. The van der Waals surface area contributed by atoms with Crippen LogP contribution in [0, 0.1) is 0 Å². The van der Waals surface area contributed by atoms with Gasteiger partial charge in [-0.3, -0.25) is 0 Å². The first-order chi connectivity index (χ1) is 9.81. The highest BCUT2D eigenvalue weighted by molar-refractivity contribution is 5.41. The molecule has 0 atom stereocenters. The van der Waals surface area contributed by atoms with Gasteiger partial charge < -0.3 is 14.9 Å². The minimum atomic E-state index is 0.467. The van der Waals surface area contributed by atoms with Gasteiger partial charge in [-0.1, -0.05) is 12.8 Å². The zero-order valence-corrected chi connectivity index (χ0v) is 11.4. The van der Waals surface area contributed by atoms with Gasteiger partial charge in [-0.2, -0.15) is 0 Å². The Kier molecular flexibility index (Phi) is 3.85. The molecular formula is C15H19N3O2. The second-order valence-corrected chi connectivity index (χ2v) is 5.18. The number of aromatic nitrogens is 2. The average molecular weight is 273 g/mol.